The highest BCUT2D eigenvalue weighted by Crippen LogP contribution is 2.51. The van der Waals surface area contributed by atoms with Gasteiger partial charge in [-0.05, 0) is 39.3 Å². The average molecular weight is 180 g/mol. The topological polar surface area (TPSA) is 27.0 Å². The minimum atomic E-state index is -0.00618. The van der Waals surface area contributed by atoms with E-state index in [2.05, 4.69) is 38.9 Å². The van der Waals surface area contributed by atoms with Gasteiger partial charge in [-0.3, -0.25) is 0 Å². The highest BCUT2D eigenvalue weighted by atomic mass is 15.1. The zero-order chi connectivity index (χ0) is 10.1. The summed E-state index contributed by atoms with van der Waals surface area (Å²) >= 11 is 0. The van der Waals surface area contributed by atoms with Gasteiger partial charge in [0.2, 0.25) is 0 Å². The Hall–Kier alpha value is -0.550. The molecule has 1 aliphatic rings. The van der Waals surface area contributed by atoms with Crippen LogP contribution in [0.3, 0.4) is 0 Å². The zero-order valence-electron chi connectivity index (χ0n) is 9.17. The van der Waals surface area contributed by atoms with Gasteiger partial charge in [0.15, 0.2) is 0 Å². The number of hydrogen-bond donors (Lipinski definition) is 0. The van der Waals surface area contributed by atoms with Crippen molar-refractivity contribution in [2.24, 2.45) is 11.3 Å². The molecule has 0 spiro atoms. The molecule has 0 aromatic heterocycles. The third kappa shape index (κ3) is 2.22. The van der Waals surface area contributed by atoms with Crippen LogP contribution in [0.25, 0.3) is 0 Å². The second-order valence-electron chi connectivity index (χ2n) is 4.88. The van der Waals surface area contributed by atoms with Crippen molar-refractivity contribution < 1.29 is 0 Å². The first-order valence-corrected chi connectivity index (χ1v) is 5.09. The van der Waals surface area contributed by atoms with Gasteiger partial charge >= 0.3 is 0 Å². The summed E-state index contributed by atoms with van der Waals surface area (Å²) in [6, 6.07) is 2.95. The van der Waals surface area contributed by atoms with Gasteiger partial charge < -0.3 is 4.90 Å². The summed E-state index contributed by atoms with van der Waals surface area (Å²) in [4.78, 5) is 2.22. The van der Waals surface area contributed by atoms with Crippen molar-refractivity contribution in [3.05, 3.63) is 0 Å². The van der Waals surface area contributed by atoms with E-state index < -0.39 is 0 Å². The third-order valence-corrected chi connectivity index (χ3v) is 2.97. The van der Waals surface area contributed by atoms with E-state index in [1.165, 1.54) is 0 Å². The zero-order valence-corrected chi connectivity index (χ0v) is 9.17. The normalized spacial score (nSPS) is 21.6. The van der Waals surface area contributed by atoms with Crippen LogP contribution in [0.15, 0.2) is 0 Å². The number of hydrogen-bond acceptors (Lipinski definition) is 2. The van der Waals surface area contributed by atoms with E-state index >= 15 is 0 Å². The van der Waals surface area contributed by atoms with E-state index in [9.17, 15) is 0 Å². The lowest BCUT2D eigenvalue weighted by Crippen LogP contribution is -2.37. The van der Waals surface area contributed by atoms with E-state index in [0.29, 0.717) is 12.0 Å². The number of nitriles is 1. The molecule has 0 bridgehead atoms. The maximum atomic E-state index is 9.11. The molecule has 0 saturated heterocycles. The minimum absolute atomic E-state index is 0.00618. The van der Waals surface area contributed by atoms with Crippen LogP contribution in [0.4, 0.5) is 0 Å². The fourth-order valence-corrected chi connectivity index (χ4v) is 2.03. The quantitative estimate of drug-likeness (QED) is 0.663. The smallest absolute Gasteiger partial charge is 0.0730 e. The molecule has 0 radical (unpaired) electrons. The standard InChI is InChI=1S/C11H20N2/c1-9(2)7-10(13(3)4)11(8-12)5-6-11/h9-10H,5-7H2,1-4H3. The Morgan fingerprint density at radius 1 is 1.38 bits per heavy atom. The fourth-order valence-electron chi connectivity index (χ4n) is 2.03. The van der Waals surface area contributed by atoms with E-state index in [-0.39, 0.29) is 5.41 Å². The van der Waals surface area contributed by atoms with Crippen LogP contribution in [-0.2, 0) is 0 Å². The Balaban J connectivity index is 2.64. The molecule has 1 atom stereocenters. The molecule has 74 valence electrons. The van der Waals surface area contributed by atoms with Crippen molar-refractivity contribution in [3.63, 3.8) is 0 Å². The van der Waals surface area contributed by atoms with Crippen molar-refractivity contribution in [2.75, 3.05) is 14.1 Å². The predicted molar refractivity (Wildman–Crippen MR) is 54.2 cm³/mol. The molecular weight excluding hydrogens is 160 g/mol. The Morgan fingerprint density at radius 3 is 2.15 bits per heavy atom. The van der Waals surface area contributed by atoms with E-state index in [1.54, 1.807) is 0 Å². The Bertz CT molecular complexity index is 209. The largest absolute Gasteiger partial charge is 0.305 e. The summed E-state index contributed by atoms with van der Waals surface area (Å²) in [6.07, 6.45) is 3.33. The molecule has 0 aromatic carbocycles. The van der Waals surface area contributed by atoms with Gasteiger partial charge in [-0.15, -0.1) is 0 Å². The van der Waals surface area contributed by atoms with Crippen molar-refractivity contribution in [3.8, 4) is 6.07 Å². The summed E-state index contributed by atoms with van der Waals surface area (Å²) in [5.41, 5.74) is -0.00618. The van der Waals surface area contributed by atoms with Crippen molar-refractivity contribution in [1.29, 1.82) is 5.26 Å². The molecule has 1 fully saturated rings. The van der Waals surface area contributed by atoms with E-state index in [1.807, 2.05) is 0 Å². The SMILES string of the molecule is CC(C)CC(N(C)C)C1(C#N)CC1. The van der Waals surface area contributed by atoms with Crippen molar-refractivity contribution in [1.82, 2.24) is 4.90 Å². The van der Waals surface area contributed by atoms with Crippen LogP contribution < -0.4 is 0 Å². The lowest BCUT2D eigenvalue weighted by Gasteiger charge is -2.29. The molecule has 1 aliphatic carbocycles. The lowest BCUT2D eigenvalue weighted by molar-refractivity contribution is 0.196. The highest BCUT2D eigenvalue weighted by molar-refractivity contribution is 5.16. The summed E-state index contributed by atoms with van der Waals surface area (Å²) in [5, 5.41) is 9.11. The molecule has 13 heavy (non-hydrogen) atoms. The van der Waals surface area contributed by atoms with Crippen LogP contribution >= 0.6 is 0 Å². The molecule has 0 amide bonds. The van der Waals surface area contributed by atoms with Gasteiger partial charge in [0.25, 0.3) is 0 Å². The molecule has 0 N–H and O–H groups in total. The maximum absolute atomic E-state index is 9.11. The van der Waals surface area contributed by atoms with Crippen LogP contribution in [0.1, 0.15) is 33.1 Å². The first kappa shape index (κ1) is 10.5. The molecule has 2 nitrogen and oxygen atoms in total. The molecule has 0 heterocycles. The van der Waals surface area contributed by atoms with Gasteiger partial charge in [-0.25, -0.2) is 0 Å². The lowest BCUT2D eigenvalue weighted by atomic mass is 9.89. The summed E-state index contributed by atoms with van der Waals surface area (Å²) < 4.78 is 0. The monoisotopic (exact) mass is 180 g/mol. The second-order valence-corrected chi connectivity index (χ2v) is 4.88. The van der Waals surface area contributed by atoms with Crippen LogP contribution in [-0.4, -0.2) is 25.0 Å². The summed E-state index contributed by atoms with van der Waals surface area (Å²) in [5.74, 6) is 0.679. The fraction of sp³-hybridized carbons (Fsp3) is 0.909. The Labute approximate surface area is 81.5 Å². The highest BCUT2D eigenvalue weighted by Gasteiger charge is 2.50. The molecular formula is C11H20N2. The third-order valence-electron chi connectivity index (χ3n) is 2.97. The van der Waals surface area contributed by atoms with Crippen molar-refractivity contribution >= 4 is 0 Å². The van der Waals surface area contributed by atoms with Gasteiger partial charge in [0.05, 0.1) is 11.5 Å². The van der Waals surface area contributed by atoms with Gasteiger partial charge in [0, 0.05) is 6.04 Å². The first-order chi connectivity index (χ1) is 6.02. The maximum Gasteiger partial charge on any atom is 0.0730 e. The Morgan fingerprint density at radius 2 is 1.92 bits per heavy atom. The molecule has 0 aromatic rings. The molecule has 1 saturated carbocycles. The number of rotatable bonds is 4. The molecule has 2 heteroatoms. The second kappa shape index (κ2) is 3.67. The van der Waals surface area contributed by atoms with E-state index in [0.717, 1.165) is 19.3 Å². The predicted octanol–water partition coefficient (Wildman–Crippen LogP) is 2.27. The van der Waals surface area contributed by atoms with Gasteiger partial charge in [-0.1, -0.05) is 13.8 Å². The van der Waals surface area contributed by atoms with Crippen LogP contribution in [0.2, 0.25) is 0 Å². The van der Waals surface area contributed by atoms with Gasteiger partial charge in [0.1, 0.15) is 0 Å². The minimum Gasteiger partial charge on any atom is -0.305 e. The van der Waals surface area contributed by atoms with Gasteiger partial charge in [-0.2, -0.15) is 5.26 Å². The van der Waals surface area contributed by atoms with Crippen LogP contribution in [0.5, 0.6) is 0 Å². The average Bonchev–Trinajstić information content (AvgIpc) is 2.80. The number of nitrogens with zero attached hydrogens (tertiary/aromatic N) is 2. The molecule has 0 aliphatic heterocycles. The Kier molecular flexibility index (Phi) is 2.98. The first-order valence-electron chi connectivity index (χ1n) is 5.09. The van der Waals surface area contributed by atoms with Crippen LogP contribution in [0, 0.1) is 22.7 Å². The summed E-state index contributed by atoms with van der Waals surface area (Å²) in [6.45, 7) is 4.45. The van der Waals surface area contributed by atoms with Crippen molar-refractivity contribution in [2.45, 2.75) is 39.2 Å². The van der Waals surface area contributed by atoms with E-state index in [4.69, 9.17) is 5.26 Å². The molecule has 1 rings (SSSR count). The summed E-state index contributed by atoms with van der Waals surface area (Å²) in [7, 11) is 4.18. The molecule has 1 unspecified atom stereocenters.